The first kappa shape index (κ1) is 13.4. The SMILES string of the molecule is Cc1cc(Br)ccc1/C(Cl)=C(\C#N)c1cccs1. The second-order valence-electron chi connectivity index (χ2n) is 3.74. The summed E-state index contributed by atoms with van der Waals surface area (Å²) in [6.45, 7) is 1.98. The van der Waals surface area contributed by atoms with Crippen LogP contribution in [0.2, 0.25) is 0 Å². The highest BCUT2D eigenvalue weighted by Gasteiger charge is 2.12. The van der Waals surface area contributed by atoms with Gasteiger partial charge in [-0.05, 0) is 41.6 Å². The largest absolute Gasteiger partial charge is 0.192 e. The maximum atomic E-state index is 9.28. The van der Waals surface area contributed by atoms with Crippen LogP contribution in [0.25, 0.3) is 10.6 Å². The molecule has 2 rings (SSSR count). The van der Waals surface area contributed by atoms with E-state index in [0.717, 1.165) is 20.5 Å². The van der Waals surface area contributed by atoms with Crippen molar-refractivity contribution in [3.8, 4) is 6.07 Å². The number of hydrogen-bond donors (Lipinski definition) is 0. The van der Waals surface area contributed by atoms with Crippen LogP contribution in [0.1, 0.15) is 16.0 Å². The maximum absolute atomic E-state index is 9.28. The van der Waals surface area contributed by atoms with Crippen molar-refractivity contribution in [1.29, 1.82) is 5.26 Å². The molecule has 0 bridgehead atoms. The predicted octanol–water partition coefficient (Wildman–Crippen LogP) is 5.45. The van der Waals surface area contributed by atoms with Crippen molar-refractivity contribution in [2.75, 3.05) is 0 Å². The molecular weight excluding hydrogens is 330 g/mol. The van der Waals surface area contributed by atoms with Gasteiger partial charge in [0.05, 0.1) is 10.6 Å². The van der Waals surface area contributed by atoms with Crippen molar-refractivity contribution < 1.29 is 0 Å². The molecule has 2 aromatic rings. The third-order valence-electron chi connectivity index (χ3n) is 2.52. The number of nitriles is 1. The lowest BCUT2D eigenvalue weighted by molar-refractivity contribution is 1.42. The predicted molar refractivity (Wildman–Crippen MR) is 81.5 cm³/mol. The van der Waals surface area contributed by atoms with E-state index in [4.69, 9.17) is 11.6 Å². The van der Waals surface area contributed by atoms with E-state index in [1.54, 1.807) is 0 Å². The van der Waals surface area contributed by atoms with Crippen LogP contribution in [-0.2, 0) is 0 Å². The minimum Gasteiger partial charge on any atom is -0.192 e. The Morgan fingerprint density at radius 1 is 1.39 bits per heavy atom. The number of nitrogens with zero attached hydrogens (tertiary/aromatic N) is 1. The van der Waals surface area contributed by atoms with Crippen molar-refractivity contribution >= 4 is 49.5 Å². The highest BCUT2D eigenvalue weighted by molar-refractivity contribution is 9.10. The molecule has 18 heavy (non-hydrogen) atoms. The minimum absolute atomic E-state index is 0.505. The molecular formula is C14H9BrClNS. The summed E-state index contributed by atoms with van der Waals surface area (Å²) in [6.07, 6.45) is 0. The molecule has 0 aliphatic rings. The van der Waals surface area contributed by atoms with Gasteiger partial charge in [-0.25, -0.2) is 0 Å². The Labute approximate surface area is 123 Å². The lowest BCUT2D eigenvalue weighted by atomic mass is 10.1. The van der Waals surface area contributed by atoms with E-state index >= 15 is 0 Å². The second kappa shape index (κ2) is 5.71. The first-order valence-corrected chi connectivity index (χ1v) is 7.29. The lowest BCUT2D eigenvalue weighted by Crippen LogP contribution is -1.87. The zero-order valence-electron chi connectivity index (χ0n) is 9.58. The Hall–Kier alpha value is -1.08. The molecule has 1 aromatic heterocycles. The van der Waals surface area contributed by atoms with Gasteiger partial charge in [-0.15, -0.1) is 11.3 Å². The van der Waals surface area contributed by atoms with Crippen LogP contribution in [0.15, 0.2) is 40.2 Å². The summed E-state index contributed by atoms with van der Waals surface area (Å²) in [5.41, 5.74) is 2.46. The highest BCUT2D eigenvalue weighted by atomic mass is 79.9. The van der Waals surface area contributed by atoms with E-state index in [-0.39, 0.29) is 0 Å². The quantitative estimate of drug-likeness (QED) is 0.668. The number of benzene rings is 1. The van der Waals surface area contributed by atoms with E-state index in [1.807, 2.05) is 42.6 Å². The molecule has 90 valence electrons. The standard InChI is InChI=1S/C14H9BrClNS/c1-9-7-10(15)4-5-11(9)14(16)12(8-17)13-3-2-6-18-13/h2-7H,1H3/b14-12-. The Morgan fingerprint density at radius 3 is 2.72 bits per heavy atom. The zero-order chi connectivity index (χ0) is 13.1. The van der Waals surface area contributed by atoms with Crippen molar-refractivity contribution in [1.82, 2.24) is 0 Å². The van der Waals surface area contributed by atoms with Crippen LogP contribution in [-0.4, -0.2) is 0 Å². The molecule has 1 heterocycles. The Bertz CT molecular complexity index is 638. The van der Waals surface area contributed by atoms with Crippen LogP contribution in [0.4, 0.5) is 0 Å². The van der Waals surface area contributed by atoms with Crippen LogP contribution in [0, 0.1) is 18.3 Å². The summed E-state index contributed by atoms with van der Waals surface area (Å²) in [6, 6.07) is 11.8. The number of aryl methyl sites for hydroxylation is 1. The molecule has 0 saturated carbocycles. The molecule has 0 radical (unpaired) electrons. The van der Waals surface area contributed by atoms with Gasteiger partial charge in [0.2, 0.25) is 0 Å². The number of halogens is 2. The lowest BCUT2D eigenvalue weighted by Gasteiger charge is -2.07. The monoisotopic (exact) mass is 337 g/mol. The molecule has 0 fully saturated rings. The number of thiophene rings is 1. The Balaban J connectivity index is 2.58. The van der Waals surface area contributed by atoms with Gasteiger partial charge in [0.25, 0.3) is 0 Å². The summed E-state index contributed by atoms with van der Waals surface area (Å²) in [5, 5.41) is 11.7. The van der Waals surface area contributed by atoms with E-state index in [9.17, 15) is 5.26 Å². The zero-order valence-corrected chi connectivity index (χ0v) is 12.7. The van der Waals surface area contributed by atoms with E-state index in [1.165, 1.54) is 11.3 Å². The fourth-order valence-electron chi connectivity index (χ4n) is 1.64. The smallest absolute Gasteiger partial charge is 0.102 e. The molecule has 0 N–H and O–H groups in total. The van der Waals surface area contributed by atoms with Crippen LogP contribution in [0.5, 0.6) is 0 Å². The molecule has 0 amide bonds. The minimum atomic E-state index is 0.505. The Kier molecular flexibility index (Phi) is 4.23. The van der Waals surface area contributed by atoms with Crippen molar-refractivity contribution in [2.24, 2.45) is 0 Å². The Morgan fingerprint density at radius 2 is 2.17 bits per heavy atom. The summed E-state index contributed by atoms with van der Waals surface area (Å²) in [4.78, 5) is 0.893. The van der Waals surface area contributed by atoms with Crippen LogP contribution in [0.3, 0.4) is 0 Å². The molecule has 0 aliphatic carbocycles. The van der Waals surface area contributed by atoms with Gasteiger partial charge in [-0.2, -0.15) is 5.26 Å². The highest BCUT2D eigenvalue weighted by Crippen LogP contribution is 2.33. The van der Waals surface area contributed by atoms with E-state index in [0.29, 0.717) is 10.6 Å². The van der Waals surface area contributed by atoms with Gasteiger partial charge in [0.1, 0.15) is 6.07 Å². The molecule has 0 saturated heterocycles. The summed E-state index contributed by atoms with van der Waals surface area (Å²) >= 11 is 11.3. The fourth-order valence-corrected chi connectivity index (χ4v) is 3.26. The molecule has 0 aliphatic heterocycles. The normalized spacial score (nSPS) is 11.9. The van der Waals surface area contributed by atoms with Gasteiger partial charge in [-0.1, -0.05) is 39.7 Å². The third-order valence-corrected chi connectivity index (χ3v) is 4.30. The van der Waals surface area contributed by atoms with Gasteiger partial charge < -0.3 is 0 Å². The van der Waals surface area contributed by atoms with Gasteiger partial charge >= 0.3 is 0 Å². The molecule has 4 heteroatoms. The summed E-state index contributed by atoms with van der Waals surface area (Å²) in [7, 11) is 0. The van der Waals surface area contributed by atoms with Crippen molar-refractivity contribution in [3.05, 3.63) is 56.2 Å². The molecule has 1 aromatic carbocycles. The first-order chi connectivity index (χ1) is 8.63. The van der Waals surface area contributed by atoms with Crippen LogP contribution >= 0.6 is 38.9 Å². The first-order valence-electron chi connectivity index (χ1n) is 5.23. The third kappa shape index (κ3) is 2.67. The number of hydrogen-bond acceptors (Lipinski definition) is 2. The van der Waals surface area contributed by atoms with Crippen molar-refractivity contribution in [3.63, 3.8) is 0 Å². The summed E-state index contributed by atoms with van der Waals surface area (Å²) < 4.78 is 1.00. The number of rotatable bonds is 2. The average molecular weight is 339 g/mol. The topological polar surface area (TPSA) is 23.8 Å². The van der Waals surface area contributed by atoms with Gasteiger partial charge in [0, 0.05) is 9.35 Å². The molecule has 0 unspecified atom stereocenters. The molecule has 0 spiro atoms. The van der Waals surface area contributed by atoms with E-state index < -0.39 is 0 Å². The summed E-state index contributed by atoms with van der Waals surface area (Å²) in [5.74, 6) is 0. The van der Waals surface area contributed by atoms with Crippen LogP contribution < -0.4 is 0 Å². The van der Waals surface area contributed by atoms with E-state index in [2.05, 4.69) is 22.0 Å². The van der Waals surface area contributed by atoms with Gasteiger partial charge in [-0.3, -0.25) is 0 Å². The molecule has 1 nitrogen and oxygen atoms in total. The van der Waals surface area contributed by atoms with Gasteiger partial charge in [0.15, 0.2) is 0 Å². The second-order valence-corrected chi connectivity index (χ2v) is 5.98. The average Bonchev–Trinajstić information content (AvgIpc) is 2.83. The number of allylic oxidation sites excluding steroid dienone is 1. The van der Waals surface area contributed by atoms with Crippen molar-refractivity contribution in [2.45, 2.75) is 6.92 Å². The molecule has 0 atom stereocenters. The fraction of sp³-hybridized carbons (Fsp3) is 0.0714. The maximum Gasteiger partial charge on any atom is 0.102 e.